The van der Waals surface area contributed by atoms with E-state index in [4.69, 9.17) is 0 Å². The lowest BCUT2D eigenvalue weighted by Crippen LogP contribution is -2.31. The number of aromatic nitrogens is 1. The average Bonchev–Trinajstić information content (AvgIpc) is 2.58. The molecule has 0 aliphatic heterocycles. The maximum Gasteiger partial charge on any atom is 0.227 e. The van der Waals surface area contributed by atoms with Crippen LogP contribution in [0.1, 0.15) is 43.2 Å². The Morgan fingerprint density at radius 1 is 1.09 bits per heavy atom. The number of amides is 1. The van der Waals surface area contributed by atoms with Crippen molar-refractivity contribution >= 4 is 5.91 Å². The van der Waals surface area contributed by atoms with Gasteiger partial charge in [-0.05, 0) is 36.1 Å². The lowest BCUT2D eigenvalue weighted by atomic mass is 9.91. The molecule has 1 atom stereocenters. The Bertz CT molecular complexity index is 554. The molecule has 3 nitrogen and oxygen atoms in total. The molecule has 1 aromatic heterocycles. The van der Waals surface area contributed by atoms with Crippen molar-refractivity contribution in [1.82, 2.24) is 10.3 Å². The predicted octanol–water partition coefficient (Wildman–Crippen LogP) is 3.71. The molecule has 1 unspecified atom stereocenters. The van der Waals surface area contributed by atoms with Crippen LogP contribution in [-0.4, -0.2) is 17.4 Å². The number of nitrogens with zero attached hydrogens (tertiary/aromatic N) is 1. The molecule has 0 aliphatic rings. The molecule has 0 saturated carbocycles. The third-order valence-electron chi connectivity index (χ3n) is 3.79. The van der Waals surface area contributed by atoms with E-state index in [-0.39, 0.29) is 11.8 Å². The maximum atomic E-state index is 12.6. The summed E-state index contributed by atoms with van der Waals surface area (Å²) in [5, 5.41) is 3.08. The second-order valence-corrected chi connectivity index (χ2v) is 5.52. The first-order chi connectivity index (χ1) is 10.8. The van der Waals surface area contributed by atoms with Gasteiger partial charge < -0.3 is 5.32 Å². The number of hydrogen-bond acceptors (Lipinski definition) is 2. The standard InChI is InChI=1S/C19H24N2O/c1-2-3-7-12-21-19(22)18(17-8-5-4-6-9-17)15-16-10-13-20-14-11-16/h4-6,8-11,13-14,18H,2-3,7,12,15H2,1H3,(H,21,22). The molecule has 1 N–H and O–H groups in total. The highest BCUT2D eigenvalue weighted by molar-refractivity contribution is 5.83. The first kappa shape index (κ1) is 16.2. The third kappa shape index (κ3) is 4.99. The van der Waals surface area contributed by atoms with Gasteiger partial charge in [-0.2, -0.15) is 0 Å². The Kier molecular flexibility index (Phi) is 6.62. The summed E-state index contributed by atoms with van der Waals surface area (Å²) in [5.41, 5.74) is 2.19. The maximum absolute atomic E-state index is 12.6. The fourth-order valence-corrected chi connectivity index (χ4v) is 2.51. The number of carbonyl (C=O) groups is 1. The van der Waals surface area contributed by atoms with Gasteiger partial charge in [0.15, 0.2) is 0 Å². The largest absolute Gasteiger partial charge is 0.356 e. The lowest BCUT2D eigenvalue weighted by Gasteiger charge is -2.17. The van der Waals surface area contributed by atoms with E-state index in [1.807, 2.05) is 42.5 Å². The van der Waals surface area contributed by atoms with Crippen LogP contribution in [0.15, 0.2) is 54.9 Å². The molecule has 2 aromatic rings. The van der Waals surface area contributed by atoms with Gasteiger partial charge in [0, 0.05) is 18.9 Å². The third-order valence-corrected chi connectivity index (χ3v) is 3.79. The molecule has 1 amide bonds. The van der Waals surface area contributed by atoms with E-state index in [1.165, 1.54) is 0 Å². The van der Waals surface area contributed by atoms with Crippen LogP contribution < -0.4 is 5.32 Å². The number of carbonyl (C=O) groups excluding carboxylic acids is 1. The molecule has 0 radical (unpaired) electrons. The van der Waals surface area contributed by atoms with E-state index in [2.05, 4.69) is 17.2 Å². The van der Waals surface area contributed by atoms with Crippen molar-refractivity contribution in [2.45, 2.75) is 38.5 Å². The predicted molar refractivity (Wildman–Crippen MR) is 89.7 cm³/mol. The van der Waals surface area contributed by atoms with Gasteiger partial charge in [0.1, 0.15) is 0 Å². The fraction of sp³-hybridized carbons (Fsp3) is 0.368. The first-order valence-corrected chi connectivity index (χ1v) is 8.03. The number of hydrogen-bond donors (Lipinski definition) is 1. The second-order valence-electron chi connectivity index (χ2n) is 5.52. The minimum Gasteiger partial charge on any atom is -0.356 e. The molecular weight excluding hydrogens is 272 g/mol. The van der Waals surface area contributed by atoms with Crippen LogP contribution in [0.3, 0.4) is 0 Å². The Labute approximate surface area is 132 Å². The van der Waals surface area contributed by atoms with Crippen LogP contribution in [-0.2, 0) is 11.2 Å². The average molecular weight is 296 g/mol. The summed E-state index contributed by atoms with van der Waals surface area (Å²) in [6, 6.07) is 13.9. The number of benzene rings is 1. The topological polar surface area (TPSA) is 42.0 Å². The molecule has 1 aromatic carbocycles. The van der Waals surface area contributed by atoms with E-state index in [0.717, 1.165) is 36.9 Å². The van der Waals surface area contributed by atoms with Crippen LogP contribution in [0.5, 0.6) is 0 Å². The zero-order valence-corrected chi connectivity index (χ0v) is 13.2. The van der Waals surface area contributed by atoms with Crippen LogP contribution >= 0.6 is 0 Å². The van der Waals surface area contributed by atoms with Crippen LogP contribution in [0.4, 0.5) is 0 Å². The highest BCUT2D eigenvalue weighted by Gasteiger charge is 2.20. The van der Waals surface area contributed by atoms with Gasteiger partial charge in [-0.1, -0.05) is 50.1 Å². The van der Waals surface area contributed by atoms with Gasteiger partial charge in [-0.15, -0.1) is 0 Å². The number of unbranched alkanes of at least 4 members (excludes halogenated alkanes) is 2. The van der Waals surface area contributed by atoms with Gasteiger partial charge in [0.2, 0.25) is 5.91 Å². The van der Waals surface area contributed by atoms with Crippen molar-refractivity contribution in [3.05, 3.63) is 66.0 Å². The van der Waals surface area contributed by atoms with Gasteiger partial charge in [0.25, 0.3) is 0 Å². The molecular formula is C19H24N2O. The Morgan fingerprint density at radius 3 is 2.50 bits per heavy atom. The van der Waals surface area contributed by atoms with Crippen molar-refractivity contribution in [3.8, 4) is 0 Å². The van der Waals surface area contributed by atoms with Crippen LogP contribution in [0.25, 0.3) is 0 Å². The van der Waals surface area contributed by atoms with Crippen molar-refractivity contribution in [1.29, 1.82) is 0 Å². The summed E-state index contributed by atoms with van der Waals surface area (Å²) in [6.45, 7) is 2.92. The summed E-state index contributed by atoms with van der Waals surface area (Å²) in [5.74, 6) is -0.0376. The fourth-order valence-electron chi connectivity index (χ4n) is 2.51. The molecule has 116 valence electrons. The summed E-state index contributed by atoms with van der Waals surface area (Å²) in [4.78, 5) is 16.6. The highest BCUT2D eigenvalue weighted by atomic mass is 16.1. The van der Waals surface area contributed by atoms with E-state index < -0.39 is 0 Å². The Morgan fingerprint density at radius 2 is 1.82 bits per heavy atom. The molecule has 2 rings (SSSR count). The van der Waals surface area contributed by atoms with Gasteiger partial charge >= 0.3 is 0 Å². The monoisotopic (exact) mass is 296 g/mol. The lowest BCUT2D eigenvalue weighted by molar-refractivity contribution is -0.122. The van der Waals surface area contributed by atoms with E-state index in [9.17, 15) is 4.79 Å². The van der Waals surface area contributed by atoms with Crippen molar-refractivity contribution in [2.24, 2.45) is 0 Å². The molecule has 0 spiro atoms. The van der Waals surface area contributed by atoms with Crippen molar-refractivity contribution < 1.29 is 4.79 Å². The molecule has 0 saturated heterocycles. The minimum atomic E-state index is -0.148. The van der Waals surface area contributed by atoms with Crippen LogP contribution in [0.2, 0.25) is 0 Å². The molecule has 1 heterocycles. The van der Waals surface area contributed by atoms with Crippen LogP contribution in [0, 0.1) is 0 Å². The smallest absolute Gasteiger partial charge is 0.227 e. The zero-order chi connectivity index (χ0) is 15.6. The molecule has 0 aliphatic carbocycles. The van der Waals surface area contributed by atoms with Gasteiger partial charge in [0.05, 0.1) is 5.92 Å². The quantitative estimate of drug-likeness (QED) is 0.754. The summed E-state index contributed by atoms with van der Waals surface area (Å²) in [6.07, 6.45) is 7.61. The van der Waals surface area contributed by atoms with E-state index in [0.29, 0.717) is 6.42 Å². The minimum absolute atomic E-state index is 0.110. The van der Waals surface area contributed by atoms with E-state index >= 15 is 0 Å². The SMILES string of the molecule is CCCCCNC(=O)C(Cc1ccncc1)c1ccccc1. The number of nitrogens with one attached hydrogen (secondary N) is 1. The summed E-state index contributed by atoms with van der Waals surface area (Å²) in [7, 11) is 0. The summed E-state index contributed by atoms with van der Waals surface area (Å²) >= 11 is 0. The molecule has 22 heavy (non-hydrogen) atoms. The van der Waals surface area contributed by atoms with Crippen molar-refractivity contribution in [2.75, 3.05) is 6.54 Å². The van der Waals surface area contributed by atoms with Gasteiger partial charge in [-0.3, -0.25) is 9.78 Å². The molecule has 0 fully saturated rings. The first-order valence-electron chi connectivity index (χ1n) is 8.03. The Hall–Kier alpha value is -2.16. The number of rotatable bonds is 8. The zero-order valence-electron chi connectivity index (χ0n) is 13.2. The molecule has 0 bridgehead atoms. The number of pyridine rings is 1. The van der Waals surface area contributed by atoms with Crippen molar-refractivity contribution in [3.63, 3.8) is 0 Å². The Balaban J connectivity index is 2.06. The van der Waals surface area contributed by atoms with E-state index in [1.54, 1.807) is 12.4 Å². The normalized spacial score (nSPS) is 11.9. The van der Waals surface area contributed by atoms with Gasteiger partial charge in [-0.25, -0.2) is 0 Å². The highest BCUT2D eigenvalue weighted by Crippen LogP contribution is 2.21. The summed E-state index contributed by atoms with van der Waals surface area (Å²) < 4.78 is 0. The second kappa shape index (κ2) is 8.98. The molecule has 3 heteroatoms.